The Hall–Kier alpha value is -1.03. The molecule has 0 unspecified atom stereocenters. The summed E-state index contributed by atoms with van der Waals surface area (Å²) in [4.78, 5) is 4.58. The Morgan fingerprint density at radius 2 is 1.95 bits per heavy atom. The zero-order valence-electron chi connectivity index (χ0n) is 11.0. The van der Waals surface area contributed by atoms with Crippen molar-refractivity contribution in [3.8, 4) is 0 Å². The fourth-order valence-corrected chi connectivity index (χ4v) is 3.43. The van der Waals surface area contributed by atoms with E-state index in [-0.39, 0.29) is 0 Å². The van der Waals surface area contributed by atoms with E-state index in [2.05, 4.69) is 20.9 Å². The van der Waals surface area contributed by atoms with Crippen molar-refractivity contribution in [1.29, 1.82) is 0 Å². The molecule has 0 spiro atoms. The Labute approximate surface area is 121 Å². The van der Waals surface area contributed by atoms with Gasteiger partial charge in [-0.25, -0.2) is 4.98 Å². The van der Waals surface area contributed by atoms with Gasteiger partial charge in [-0.05, 0) is 30.9 Å². The first kappa shape index (κ1) is 13.0. The molecule has 1 heterocycles. The van der Waals surface area contributed by atoms with Crippen LogP contribution in [0, 0.1) is 5.92 Å². The Morgan fingerprint density at radius 1 is 1.21 bits per heavy atom. The van der Waals surface area contributed by atoms with E-state index in [9.17, 15) is 0 Å². The number of hydrogen-bond donors (Lipinski definition) is 1. The van der Waals surface area contributed by atoms with Crippen LogP contribution in [0.3, 0.4) is 0 Å². The van der Waals surface area contributed by atoms with E-state index in [1.807, 2.05) is 12.1 Å². The highest BCUT2D eigenvalue weighted by atomic mass is 79.9. The summed E-state index contributed by atoms with van der Waals surface area (Å²) in [5.41, 5.74) is 8.21. The summed E-state index contributed by atoms with van der Waals surface area (Å²) in [6.45, 7) is 0. The summed E-state index contributed by atoms with van der Waals surface area (Å²) in [7, 11) is 0. The molecule has 1 fully saturated rings. The second-order valence-electron chi connectivity index (χ2n) is 5.51. The lowest BCUT2D eigenvalue weighted by molar-refractivity contribution is 0.404. The monoisotopic (exact) mass is 322 g/mol. The van der Waals surface area contributed by atoms with Gasteiger partial charge in [-0.2, -0.15) is 0 Å². The average molecular weight is 323 g/mol. The van der Waals surface area contributed by atoms with Crippen molar-refractivity contribution in [2.24, 2.45) is 5.92 Å². The first-order chi connectivity index (χ1) is 9.22. The zero-order valence-corrected chi connectivity index (χ0v) is 12.6. The number of anilines is 1. The molecule has 0 aliphatic heterocycles. The first-order valence-electron chi connectivity index (χ1n) is 7.07. The molecule has 1 aliphatic carbocycles. The highest BCUT2D eigenvalue weighted by Crippen LogP contribution is 2.30. The third kappa shape index (κ3) is 2.94. The van der Waals surface area contributed by atoms with Gasteiger partial charge in [0.05, 0.1) is 5.69 Å². The molecule has 3 rings (SSSR count). The third-order valence-corrected chi connectivity index (χ3v) is 4.42. The molecule has 2 N–H and O–H groups in total. The van der Waals surface area contributed by atoms with Gasteiger partial charge in [0, 0.05) is 10.9 Å². The van der Waals surface area contributed by atoms with Crippen LogP contribution in [0.25, 0.3) is 11.1 Å². The first-order valence-corrected chi connectivity index (χ1v) is 7.86. The van der Waals surface area contributed by atoms with Crippen LogP contribution in [0.2, 0.25) is 0 Å². The number of oxazole rings is 1. The molecular weight excluding hydrogens is 304 g/mol. The Kier molecular flexibility index (Phi) is 3.78. The van der Waals surface area contributed by atoms with Gasteiger partial charge in [0.1, 0.15) is 5.52 Å². The normalized spacial score (nSPS) is 17.7. The third-order valence-electron chi connectivity index (χ3n) is 3.97. The molecule has 1 aromatic heterocycles. The van der Waals surface area contributed by atoms with Crippen molar-refractivity contribution in [3.05, 3.63) is 22.5 Å². The van der Waals surface area contributed by atoms with Crippen LogP contribution in [0.5, 0.6) is 0 Å². The standard InChI is InChI=1S/C15H19BrN2O/c16-11-8-12(17)15-13(9-11)18-14(19-15)7-10-5-3-1-2-4-6-10/h8-10H,1-7,17H2. The Morgan fingerprint density at radius 3 is 2.68 bits per heavy atom. The average Bonchev–Trinajstić information content (AvgIpc) is 2.58. The number of nitrogens with zero attached hydrogens (tertiary/aromatic N) is 1. The minimum atomic E-state index is 0.656. The van der Waals surface area contributed by atoms with Crippen LogP contribution >= 0.6 is 15.9 Å². The van der Waals surface area contributed by atoms with Gasteiger partial charge in [-0.3, -0.25) is 0 Å². The van der Waals surface area contributed by atoms with Crippen LogP contribution < -0.4 is 5.73 Å². The fraction of sp³-hybridized carbons (Fsp3) is 0.533. The van der Waals surface area contributed by atoms with Crippen molar-refractivity contribution < 1.29 is 4.42 Å². The maximum Gasteiger partial charge on any atom is 0.195 e. The molecule has 2 aromatic rings. The maximum atomic E-state index is 5.96. The second-order valence-corrected chi connectivity index (χ2v) is 6.43. The van der Waals surface area contributed by atoms with Gasteiger partial charge in [0.15, 0.2) is 11.5 Å². The number of halogens is 1. The minimum Gasteiger partial charge on any atom is -0.439 e. The van der Waals surface area contributed by atoms with E-state index in [0.717, 1.165) is 33.8 Å². The van der Waals surface area contributed by atoms with Gasteiger partial charge >= 0.3 is 0 Å². The predicted molar refractivity (Wildman–Crippen MR) is 81.0 cm³/mol. The molecule has 0 radical (unpaired) electrons. The van der Waals surface area contributed by atoms with Crippen molar-refractivity contribution in [2.75, 3.05) is 5.73 Å². The number of benzene rings is 1. The summed E-state index contributed by atoms with van der Waals surface area (Å²) >= 11 is 3.44. The molecule has 19 heavy (non-hydrogen) atoms. The van der Waals surface area contributed by atoms with Crippen molar-refractivity contribution >= 4 is 32.7 Å². The number of nitrogens with two attached hydrogens (primary N) is 1. The minimum absolute atomic E-state index is 0.656. The van der Waals surface area contributed by atoms with Crippen molar-refractivity contribution in [3.63, 3.8) is 0 Å². The summed E-state index contributed by atoms with van der Waals surface area (Å²) in [6, 6.07) is 3.83. The molecule has 4 heteroatoms. The summed E-state index contributed by atoms with van der Waals surface area (Å²) in [5, 5.41) is 0. The van der Waals surface area contributed by atoms with Gasteiger partial charge in [-0.1, -0.05) is 41.6 Å². The van der Waals surface area contributed by atoms with E-state index in [4.69, 9.17) is 10.2 Å². The largest absolute Gasteiger partial charge is 0.439 e. The van der Waals surface area contributed by atoms with E-state index < -0.39 is 0 Å². The highest BCUT2D eigenvalue weighted by Gasteiger charge is 2.17. The van der Waals surface area contributed by atoms with Crippen LogP contribution in [-0.2, 0) is 6.42 Å². The lowest BCUT2D eigenvalue weighted by Crippen LogP contribution is -2.03. The molecule has 0 atom stereocenters. The molecule has 1 aliphatic rings. The zero-order chi connectivity index (χ0) is 13.2. The SMILES string of the molecule is Nc1cc(Br)cc2nc(CC3CCCCCC3)oc12. The quantitative estimate of drug-likeness (QED) is 0.644. The van der Waals surface area contributed by atoms with Crippen molar-refractivity contribution in [2.45, 2.75) is 44.9 Å². The molecule has 1 saturated carbocycles. The number of rotatable bonds is 2. The Balaban J connectivity index is 1.83. The van der Waals surface area contributed by atoms with Crippen LogP contribution in [0.4, 0.5) is 5.69 Å². The van der Waals surface area contributed by atoms with E-state index >= 15 is 0 Å². The molecule has 0 saturated heterocycles. The molecule has 1 aromatic carbocycles. The summed E-state index contributed by atoms with van der Waals surface area (Å²) in [6.07, 6.45) is 9.01. The lowest BCUT2D eigenvalue weighted by Gasteiger charge is -2.10. The maximum absolute atomic E-state index is 5.96. The fourth-order valence-electron chi connectivity index (χ4n) is 2.97. The highest BCUT2D eigenvalue weighted by molar-refractivity contribution is 9.10. The molecule has 0 amide bonds. The number of nitrogen functional groups attached to an aromatic ring is 1. The Bertz CT molecular complexity index is 571. The topological polar surface area (TPSA) is 52.0 Å². The molecule has 102 valence electrons. The van der Waals surface area contributed by atoms with Gasteiger partial charge in [-0.15, -0.1) is 0 Å². The molecule has 0 bridgehead atoms. The van der Waals surface area contributed by atoms with Crippen LogP contribution in [0.1, 0.15) is 44.4 Å². The predicted octanol–water partition coefficient (Wildman–Crippen LogP) is 4.69. The number of fused-ring (bicyclic) bond motifs is 1. The number of hydrogen-bond acceptors (Lipinski definition) is 3. The molecule has 3 nitrogen and oxygen atoms in total. The summed E-state index contributed by atoms with van der Waals surface area (Å²) in [5.74, 6) is 1.56. The summed E-state index contributed by atoms with van der Waals surface area (Å²) < 4.78 is 6.79. The van der Waals surface area contributed by atoms with Crippen LogP contribution in [-0.4, -0.2) is 4.98 Å². The second kappa shape index (κ2) is 5.53. The smallest absolute Gasteiger partial charge is 0.195 e. The van der Waals surface area contributed by atoms with Gasteiger partial charge in [0.25, 0.3) is 0 Å². The van der Waals surface area contributed by atoms with E-state index in [1.54, 1.807) is 0 Å². The number of aromatic nitrogens is 1. The lowest BCUT2D eigenvalue weighted by atomic mass is 9.97. The molecular formula is C15H19BrN2O. The van der Waals surface area contributed by atoms with E-state index in [0.29, 0.717) is 5.69 Å². The van der Waals surface area contributed by atoms with Crippen LogP contribution in [0.15, 0.2) is 21.0 Å². The van der Waals surface area contributed by atoms with Gasteiger partial charge in [0.2, 0.25) is 0 Å². The van der Waals surface area contributed by atoms with E-state index in [1.165, 1.54) is 38.5 Å². The van der Waals surface area contributed by atoms with Crippen molar-refractivity contribution in [1.82, 2.24) is 4.98 Å². The van der Waals surface area contributed by atoms with Gasteiger partial charge < -0.3 is 10.2 Å².